The smallest absolute Gasteiger partial charge is 0.113 e. The second-order valence-electron chi connectivity index (χ2n) is 6.44. The Morgan fingerprint density at radius 2 is 1.72 bits per heavy atom. The zero-order chi connectivity index (χ0) is 13.0. The first-order valence-corrected chi connectivity index (χ1v) is 7.76. The summed E-state index contributed by atoms with van der Waals surface area (Å²) in [5.74, 6) is 1.21. The molecule has 2 rings (SSSR count). The fourth-order valence-corrected chi connectivity index (χ4v) is 4.00. The number of nitriles is 1. The molecule has 18 heavy (non-hydrogen) atoms. The second kappa shape index (κ2) is 6.04. The van der Waals surface area contributed by atoms with E-state index in [0.29, 0.717) is 0 Å². The summed E-state index contributed by atoms with van der Waals surface area (Å²) in [7, 11) is 0. The third-order valence-electron chi connectivity index (χ3n) is 5.27. The number of rotatable bonds is 3. The van der Waals surface area contributed by atoms with Crippen LogP contribution in [0.3, 0.4) is 0 Å². The van der Waals surface area contributed by atoms with Gasteiger partial charge in [-0.1, -0.05) is 19.8 Å². The minimum absolute atomic E-state index is 0.196. The molecule has 0 spiro atoms. The van der Waals surface area contributed by atoms with Gasteiger partial charge in [0.15, 0.2) is 0 Å². The van der Waals surface area contributed by atoms with Gasteiger partial charge < -0.3 is 0 Å². The predicted molar refractivity (Wildman–Crippen MR) is 71.8 cm³/mol. The van der Waals surface area contributed by atoms with Crippen LogP contribution in [0.15, 0.2) is 0 Å². The molecular weight excluding hydrogens is 225 g/mol. The van der Waals surface area contributed by atoms with Crippen LogP contribution < -0.4 is 0 Å². The summed E-state index contributed by atoms with van der Waals surface area (Å²) in [5.41, 5.74) is -0.898. The van der Waals surface area contributed by atoms with Gasteiger partial charge in [0.1, 0.15) is 5.67 Å². The Labute approximate surface area is 111 Å². The van der Waals surface area contributed by atoms with Crippen LogP contribution >= 0.6 is 0 Å². The van der Waals surface area contributed by atoms with Crippen molar-refractivity contribution in [3.8, 4) is 6.07 Å². The van der Waals surface area contributed by atoms with Crippen LogP contribution in [0.2, 0.25) is 0 Å². The maximum atomic E-state index is 15.0. The predicted octanol–water partition coefficient (Wildman–Crippen LogP) is 5.01. The van der Waals surface area contributed by atoms with Gasteiger partial charge in [0.25, 0.3) is 0 Å². The minimum Gasteiger partial charge on any atom is -0.244 e. The molecule has 0 aliphatic heterocycles. The Bertz CT molecular complexity index is 291. The lowest BCUT2D eigenvalue weighted by atomic mass is 9.67. The Hall–Kier alpha value is -0.580. The standard InChI is InChI=1S/C16H26FN/c1-2-3-13-8-10-16(17,11-9-13)15-6-4-14(12-18)5-7-15/h13-15H,2-11H2,1H3. The van der Waals surface area contributed by atoms with Crippen molar-refractivity contribution in [2.75, 3.05) is 0 Å². The fraction of sp³-hybridized carbons (Fsp3) is 0.938. The number of halogens is 1. The molecular formula is C16H26FN. The molecule has 1 nitrogen and oxygen atoms in total. The molecule has 0 heterocycles. The largest absolute Gasteiger partial charge is 0.244 e. The number of hydrogen-bond donors (Lipinski definition) is 0. The lowest BCUT2D eigenvalue weighted by Gasteiger charge is -2.42. The monoisotopic (exact) mass is 251 g/mol. The zero-order valence-electron chi connectivity index (χ0n) is 11.6. The fourth-order valence-electron chi connectivity index (χ4n) is 4.00. The van der Waals surface area contributed by atoms with E-state index in [9.17, 15) is 0 Å². The number of hydrogen-bond acceptors (Lipinski definition) is 1. The molecule has 0 atom stereocenters. The first-order valence-electron chi connectivity index (χ1n) is 7.76. The molecule has 2 aliphatic carbocycles. The lowest BCUT2D eigenvalue weighted by molar-refractivity contribution is 0.000931. The van der Waals surface area contributed by atoms with E-state index in [1.54, 1.807) is 0 Å². The summed E-state index contributed by atoms with van der Waals surface area (Å²) in [5, 5.41) is 8.90. The van der Waals surface area contributed by atoms with E-state index >= 15 is 4.39 Å². The molecule has 102 valence electrons. The highest BCUT2D eigenvalue weighted by Crippen LogP contribution is 2.47. The molecule has 0 aromatic rings. The van der Waals surface area contributed by atoms with Gasteiger partial charge in [-0.3, -0.25) is 0 Å². The van der Waals surface area contributed by atoms with Crippen molar-refractivity contribution in [2.24, 2.45) is 17.8 Å². The summed E-state index contributed by atoms with van der Waals surface area (Å²) < 4.78 is 15.0. The number of nitrogens with zero attached hydrogens (tertiary/aromatic N) is 1. The highest BCUT2D eigenvalue weighted by Gasteiger charge is 2.43. The van der Waals surface area contributed by atoms with E-state index in [1.165, 1.54) is 12.8 Å². The maximum absolute atomic E-state index is 15.0. The molecule has 0 aromatic heterocycles. The first kappa shape index (κ1) is 13.8. The van der Waals surface area contributed by atoms with Crippen LogP contribution in [0.1, 0.15) is 71.1 Å². The summed E-state index contributed by atoms with van der Waals surface area (Å²) in [6, 6.07) is 2.34. The Morgan fingerprint density at radius 3 is 2.22 bits per heavy atom. The van der Waals surface area contributed by atoms with Gasteiger partial charge >= 0.3 is 0 Å². The van der Waals surface area contributed by atoms with Gasteiger partial charge in [-0.15, -0.1) is 0 Å². The van der Waals surface area contributed by atoms with Crippen LogP contribution in [-0.2, 0) is 0 Å². The van der Waals surface area contributed by atoms with Crippen molar-refractivity contribution in [1.29, 1.82) is 5.26 Å². The molecule has 0 N–H and O–H groups in total. The highest BCUT2D eigenvalue weighted by molar-refractivity contribution is 4.96. The minimum atomic E-state index is -0.898. The maximum Gasteiger partial charge on any atom is 0.113 e. The summed E-state index contributed by atoms with van der Waals surface area (Å²) in [4.78, 5) is 0. The van der Waals surface area contributed by atoms with Gasteiger partial charge in [0.05, 0.1) is 6.07 Å². The molecule has 2 aliphatic rings. The van der Waals surface area contributed by atoms with Crippen molar-refractivity contribution in [2.45, 2.75) is 76.8 Å². The molecule has 0 amide bonds. The van der Waals surface area contributed by atoms with E-state index < -0.39 is 5.67 Å². The second-order valence-corrected chi connectivity index (χ2v) is 6.44. The SMILES string of the molecule is CCCC1CCC(F)(C2CCC(C#N)CC2)CC1. The molecule has 2 saturated carbocycles. The van der Waals surface area contributed by atoms with Gasteiger partial charge in [0.2, 0.25) is 0 Å². The molecule has 2 fully saturated rings. The molecule has 0 aromatic carbocycles. The van der Waals surface area contributed by atoms with Crippen LogP contribution in [-0.4, -0.2) is 5.67 Å². The summed E-state index contributed by atoms with van der Waals surface area (Å²) >= 11 is 0. The van der Waals surface area contributed by atoms with Crippen LogP contribution in [0, 0.1) is 29.1 Å². The third kappa shape index (κ3) is 3.05. The molecule has 0 radical (unpaired) electrons. The average molecular weight is 251 g/mol. The van der Waals surface area contributed by atoms with Gasteiger partial charge in [-0.2, -0.15) is 5.26 Å². The summed E-state index contributed by atoms with van der Waals surface area (Å²) in [6.45, 7) is 2.22. The van der Waals surface area contributed by atoms with E-state index in [2.05, 4.69) is 13.0 Å². The van der Waals surface area contributed by atoms with Crippen LogP contribution in [0.25, 0.3) is 0 Å². The lowest BCUT2D eigenvalue weighted by Crippen LogP contribution is -2.39. The van der Waals surface area contributed by atoms with Gasteiger partial charge in [-0.05, 0) is 63.2 Å². The zero-order valence-corrected chi connectivity index (χ0v) is 11.6. The quantitative estimate of drug-likeness (QED) is 0.691. The van der Waals surface area contributed by atoms with Gasteiger partial charge in [0, 0.05) is 5.92 Å². The highest BCUT2D eigenvalue weighted by atomic mass is 19.1. The first-order chi connectivity index (χ1) is 8.68. The normalized spacial score (nSPS) is 41.3. The van der Waals surface area contributed by atoms with E-state index in [0.717, 1.165) is 57.3 Å². The Morgan fingerprint density at radius 1 is 1.11 bits per heavy atom. The van der Waals surface area contributed by atoms with Crippen molar-refractivity contribution < 1.29 is 4.39 Å². The molecule has 2 heteroatoms. The van der Waals surface area contributed by atoms with Crippen LogP contribution in [0.5, 0.6) is 0 Å². The molecule has 0 unspecified atom stereocenters. The average Bonchev–Trinajstić information content (AvgIpc) is 2.42. The van der Waals surface area contributed by atoms with E-state index in [1.807, 2.05) is 0 Å². The van der Waals surface area contributed by atoms with Crippen molar-refractivity contribution in [1.82, 2.24) is 0 Å². The van der Waals surface area contributed by atoms with Gasteiger partial charge in [-0.25, -0.2) is 4.39 Å². The van der Waals surface area contributed by atoms with E-state index in [4.69, 9.17) is 5.26 Å². The van der Waals surface area contributed by atoms with E-state index in [-0.39, 0.29) is 11.8 Å². The van der Waals surface area contributed by atoms with Crippen molar-refractivity contribution in [3.63, 3.8) is 0 Å². The number of alkyl halides is 1. The summed E-state index contributed by atoms with van der Waals surface area (Å²) in [6.07, 6.45) is 9.95. The Kier molecular flexibility index (Phi) is 4.65. The third-order valence-corrected chi connectivity index (χ3v) is 5.27. The molecule has 0 saturated heterocycles. The topological polar surface area (TPSA) is 23.8 Å². The van der Waals surface area contributed by atoms with Crippen LogP contribution in [0.4, 0.5) is 4.39 Å². The Balaban J connectivity index is 1.84. The van der Waals surface area contributed by atoms with Crippen molar-refractivity contribution >= 4 is 0 Å². The van der Waals surface area contributed by atoms with Crippen molar-refractivity contribution in [3.05, 3.63) is 0 Å². The molecule has 0 bridgehead atoms.